The molecule has 0 aliphatic carbocycles. The summed E-state index contributed by atoms with van der Waals surface area (Å²) in [6, 6.07) is 5.58. The summed E-state index contributed by atoms with van der Waals surface area (Å²) in [5, 5.41) is 0. The molecule has 0 amide bonds. The molecule has 0 N–H and O–H groups in total. The van der Waals surface area contributed by atoms with Crippen LogP contribution in [-0.4, -0.2) is 37.5 Å². The van der Waals surface area contributed by atoms with Gasteiger partial charge in [-0.2, -0.15) is 26.3 Å². The molecular weight excluding hydrogens is 412 g/mol. The summed E-state index contributed by atoms with van der Waals surface area (Å²) in [6.07, 6.45) is -9.52. The van der Waals surface area contributed by atoms with E-state index in [0.717, 1.165) is 27.7 Å². The Kier molecular flexibility index (Phi) is 7.23. The first kappa shape index (κ1) is 26.1. The van der Waals surface area contributed by atoms with Crippen LogP contribution in [0.5, 0.6) is 0 Å². The molecule has 0 aliphatic heterocycles. The number of hydrogen-bond donors (Lipinski definition) is 0. The Bertz CT molecular complexity index is 733. The van der Waals surface area contributed by atoms with Crippen molar-refractivity contribution in [2.45, 2.75) is 65.9 Å². The number of halogens is 6. The minimum Gasteiger partial charge on any atom is -0.465 e. The van der Waals surface area contributed by atoms with E-state index in [1.807, 2.05) is 0 Å². The predicted octanol–water partition coefficient (Wildman–Crippen LogP) is 6.63. The van der Waals surface area contributed by atoms with Gasteiger partial charge in [-0.25, -0.2) is 4.79 Å². The number of rotatable bonds is 7. The number of ether oxygens (including phenoxy) is 1. The third-order valence-electron chi connectivity index (χ3n) is 5.29. The second-order valence-electron chi connectivity index (χ2n) is 9.38. The molecule has 0 atom stereocenters. The highest BCUT2D eigenvalue weighted by Crippen LogP contribution is 2.47. The lowest BCUT2D eigenvalue weighted by atomic mass is 9.77. The molecule has 0 saturated carbocycles. The third kappa shape index (κ3) is 5.82. The summed E-state index contributed by atoms with van der Waals surface area (Å²) < 4.78 is 85.8. The van der Waals surface area contributed by atoms with Crippen molar-refractivity contribution in [2.75, 3.05) is 18.6 Å². The summed E-state index contributed by atoms with van der Waals surface area (Å²) in [6.45, 7) is 6.49. The van der Waals surface area contributed by atoms with E-state index < -0.39 is 47.7 Å². The normalized spacial score (nSPS) is 13.9. The highest BCUT2D eigenvalue weighted by Gasteiger charge is 2.53. The van der Waals surface area contributed by atoms with Crippen molar-refractivity contribution in [3.8, 4) is 0 Å². The summed E-state index contributed by atoms with van der Waals surface area (Å²) in [7, 11) is 1.19. The Morgan fingerprint density at radius 3 is 1.63 bits per heavy atom. The van der Waals surface area contributed by atoms with Gasteiger partial charge in [0.05, 0.1) is 23.5 Å². The smallest absolute Gasteiger partial charge is 0.395 e. The number of anilines is 1. The molecule has 1 aromatic carbocycles. The SMILES string of the molecule is COC(=O)c1ccc(N(CC(C)(C)C(F)(F)F)C(C)(C)CC(C)(C)C(F)(F)F)cc1. The topological polar surface area (TPSA) is 29.5 Å². The van der Waals surface area contributed by atoms with Crippen molar-refractivity contribution in [2.24, 2.45) is 10.8 Å². The summed E-state index contributed by atoms with van der Waals surface area (Å²) in [5.74, 6) is -0.624. The van der Waals surface area contributed by atoms with E-state index >= 15 is 0 Å². The largest absolute Gasteiger partial charge is 0.465 e. The lowest BCUT2D eigenvalue weighted by molar-refractivity contribution is -0.219. The Morgan fingerprint density at radius 1 is 0.833 bits per heavy atom. The average Bonchev–Trinajstić information content (AvgIpc) is 2.56. The van der Waals surface area contributed by atoms with Crippen LogP contribution in [0.15, 0.2) is 24.3 Å². The highest BCUT2D eigenvalue weighted by atomic mass is 19.4. The van der Waals surface area contributed by atoms with Crippen molar-refractivity contribution in [3.05, 3.63) is 29.8 Å². The molecule has 0 fully saturated rings. The molecule has 1 aromatic rings. The van der Waals surface area contributed by atoms with Crippen molar-refractivity contribution in [3.63, 3.8) is 0 Å². The Morgan fingerprint density at radius 2 is 1.27 bits per heavy atom. The predicted molar refractivity (Wildman–Crippen MR) is 103 cm³/mol. The molecule has 0 radical (unpaired) electrons. The lowest BCUT2D eigenvalue weighted by Crippen LogP contribution is -2.55. The van der Waals surface area contributed by atoms with E-state index in [1.54, 1.807) is 0 Å². The number of nitrogens with zero attached hydrogens (tertiary/aromatic N) is 1. The van der Waals surface area contributed by atoms with Gasteiger partial charge in [-0.1, -0.05) is 13.8 Å². The van der Waals surface area contributed by atoms with Crippen molar-refractivity contribution >= 4 is 11.7 Å². The molecule has 1 rings (SSSR count). The van der Waals surface area contributed by atoms with Crippen molar-refractivity contribution in [1.82, 2.24) is 0 Å². The van der Waals surface area contributed by atoms with Gasteiger partial charge in [-0.3, -0.25) is 0 Å². The van der Waals surface area contributed by atoms with Crippen LogP contribution in [0, 0.1) is 10.8 Å². The van der Waals surface area contributed by atoms with Crippen LogP contribution in [0.1, 0.15) is 58.3 Å². The minimum atomic E-state index is -4.56. The molecular formula is C21H29F6NO2. The number of carbonyl (C=O) groups excluding carboxylic acids is 1. The molecule has 0 aromatic heterocycles. The van der Waals surface area contributed by atoms with E-state index in [4.69, 9.17) is 0 Å². The highest BCUT2D eigenvalue weighted by molar-refractivity contribution is 5.89. The van der Waals surface area contributed by atoms with Gasteiger partial charge in [-0.15, -0.1) is 0 Å². The maximum absolute atomic E-state index is 13.6. The van der Waals surface area contributed by atoms with Crippen LogP contribution in [0.25, 0.3) is 0 Å². The van der Waals surface area contributed by atoms with Gasteiger partial charge >= 0.3 is 18.3 Å². The summed E-state index contributed by atoms with van der Waals surface area (Å²) in [5.41, 5.74) is -5.13. The van der Waals surface area contributed by atoms with Crippen LogP contribution in [0.2, 0.25) is 0 Å². The molecule has 172 valence electrons. The van der Waals surface area contributed by atoms with Crippen molar-refractivity contribution < 1.29 is 35.9 Å². The summed E-state index contributed by atoms with van der Waals surface area (Å²) >= 11 is 0. The van der Waals surface area contributed by atoms with Crippen molar-refractivity contribution in [1.29, 1.82) is 0 Å². The maximum Gasteiger partial charge on any atom is 0.395 e. The van der Waals surface area contributed by atoms with Gasteiger partial charge in [0, 0.05) is 17.8 Å². The monoisotopic (exact) mass is 441 g/mol. The Balaban J connectivity index is 3.45. The van der Waals surface area contributed by atoms with Gasteiger partial charge in [0.15, 0.2) is 0 Å². The first-order valence-corrected chi connectivity index (χ1v) is 9.35. The standard InChI is InChI=1S/C21H29F6NO2/c1-17(2,20(22,23)24)12-19(5,6)28(13-18(3,4)21(25,26)27)15-10-8-14(9-11-15)16(29)30-7/h8-11H,12-13H2,1-7H3. The van der Waals surface area contributed by atoms with Crippen LogP contribution in [-0.2, 0) is 4.74 Å². The fourth-order valence-corrected chi connectivity index (χ4v) is 3.31. The first-order chi connectivity index (χ1) is 13.2. The number of methoxy groups -OCH3 is 1. The van der Waals surface area contributed by atoms with Gasteiger partial charge < -0.3 is 9.64 Å². The van der Waals surface area contributed by atoms with Crippen LogP contribution in [0.4, 0.5) is 32.0 Å². The van der Waals surface area contributed by atoms with Gasteiger partial charge in [0.25, 0.3) is 0 Å². The van der Waals surface area contributed by atoms with E-state index in [2.05, 4.69) is 4.74 Å². The van der Waals surface area contributed by atoms with E-state index in [-0.39, 0.29) is 11.3 Å². The first-order valence-electron chi connectivity index (χ1n) is 9.35. The fourth-order valence-electron chi connectivity index (χ4n) is 3.31. The molecule has 30 heavy (non-hydrogen) atoms. The third-order valence-corrected chi connectivity index (χ3v) is 5.29. The zero-order valence-corrected chi connectivity index (χ0v) is 18.3. The van der Waals surface area contributed by atoms with Crippen LogP contribution in [0.3, 0.4) is 0 Å². The summed E-state index contributed by atoms with van der Waals surface area (Å²) in [4.78, 5) is 13.0. The number of alkyl halides is 6. The maximum atomic E-state index is 13.6. The lowest BCUT2D eigenvalue weighted by Gasteiger charge is -2.48. The quantitative estimate of drug-likeness (QED) is 0.352. The molecule has 9 heteroatoms. The molecule has 0 heterocycles. The van der Waals surface area contributed by atoms with E-state index in [0.29, 0.717) is 0 Å². The van der Waals surface area contributed by atoms with Crippen LogP contribution < -0.4 is 4.90 Å². The Hall–Kier alpha value is -1.93. The second kappa shape index (κ2) is 8.30. The molecule has 0 unspecified atom stereocenters. The molecule has 3 nitrogen and oxygen atoms in total. The molecule has 0 aliphatic rings. The number of hydrogen-bond acceptors (Lipinski definition) is 3. The number of carbonyl (C=O) groups is 1. The number of esters is 1. The zero-order chi connectivity index (χ0) is 23.8. The second-order valence-corrected chi connectivity index (χ2v) is 9.38. The van der Waals surface area contributed by atoms with E-state index in [1.165, 1.54) is 50.1 Å². The fraction of sp³-hybridized carbons (Fsp3) is 0.667. The Labute approximate surface area is 173 Å². The number of benzene rings is 1. The minimum absolute atomic E-state index is 0.185. The van der Waals surface area contributed by atoms with Gasteiger partial charge in [0.1, 0.15) is 0 Å². The average molecular weight is 441 g/mol. The molecule has 0 spiro atoms. The molecule has 0 bridgehead atoms. The van der Waals surface area contributed by atoms with Crippen LogP contribution >= 0.6 is 0 Å². The molecule has 0 saturated heterocycles. The van der Waals surface area contributed by atoms with Gasteiger partial charge in [-0.05, 0) is 58.4 Å². The van der Waals surface area contributed by atoms with E-state index in [9.17, 15) is 31.1 Å². The zero-order valence-electron chi connectivity index (χ0n) is 18.3. The van der Waals surface area contributed by atoms with Gasteiger partial charge in [0.2, 0.25) is 0 Å².